The first-order chi connectivity index (χ1) is 9.42. The fourth-order valence-electron chi connectivity index (χ4n) is 1.57. The Morgan fingerprint density at radius 2 is 1.65 bits per heavy atom. The van der Waals surface area contributed by atoms with Crippen molar-refractivity contribution in [3.63, 3.8) is 0 Å². The molecule has 0 radical (unpaired) electrons. The third-order valence-corrected chi connectivity index (χ3v) is 4.33. The minimum Gasteiger partial charge on any atom is -0.388 e. The van der Waals surface area contributed by atoms with Gasteiger partial charge >= 0.3 is 0 Å². The van der Waals surface area contributed by atoms with Crippen molar-refractivity contribution in [3.05, 3.63) is 53.3 Å². The number of hydrogen-bond donors (Lipinski definition) is 2. The van der Waals surface area contributed by atoms with E-state index in [2.05, 4.69) is 10.0 Å². The molecule has 0 heterocycles. The monoisotopic (exact) mass is 314 g/mol. The Hall–Kier alpha value is -1.79. The van der Waals surface area contributed by atoms with Crippen LogP contribution in [0.3, 0.4) is 0 Å². The van der Waals surface area contributed by atoms with E-state index in [1.807, 2.05) is 0 Å². The molecule has 0 fully saturated rings. The van der Waals surface area contributed by atoms with Gasteiger partial charge in [0.15, 0.2) is 0 Å². The number of sulfonamides is 1. The maximum Gasteiger partial charge on any atom is 0.261 e. The minimum absolute atomic E-state index is 0.0636. The zero-order chi connectivity index (χ0) is 14.8. The summed E-state index contributed by atoms with van der Waals surface area (Å²) in [6.07, 6.45) is 0. The van der Waals surface area contributed by atoms with Gasteiger partial charge in [-0.05, 0) is 42.5 Å². The normalized spacial score (nSPS) is 11.2. The van der Waals surface area contributed by atoms with Gasteiger partial charge in [-0.1, -0.05) is 11.6 Å². The summed E-state index contributed by atoms with van der Waals surface area (Å²) in [5.41, 5.74) is 0.908. The van der Waals surface area contributed by atoms with E-state index in [-0.39, 0.29) is 15.6 Å². The molecule has 0 aliphatic carbocycles. The van der Waals surface area contributed by atoms with Gasteiger partial charge < -0.3 is 5.32 Å². The van der Waals surface area contributed by atoms with Crippen LogP contribution in [0.4, 0.5) is 15.8 Å². The van der Waals surface area contributed by atoms with Gasteiger partial charge in [0.1, 0.15) is 5.82 Å². The number of anilines is 2. The summed E-state index contributed by atoms with van der Waals surface area (Å²) in [5.74, 6) is -0.683. The van der Waals surface area contributed by atoms with Gasteiger partial charge in [0.25, 0.3) is 10.0 Å². The van der Waals surface area contributed by atoms with Crippen molar-refractivity contribution in [1.29, 1.82) is 0 Å². The van der Waals surface area contributed by atoms with Crippen LogP contribution in [0.2, 0.25) is 5.02 Å². The molecule has 0 aliphatic heterocycles. The van der Waals surface area contributed by atoms with Gasteiger partial charge in [-0.25, -0.2) is 12.8 Å². The number of benzene rings is 2. The molecule has 2 N–H and O–H groups in total. The Balaban J connectivity index is 2.27. The molecule has 2 aromatic rings. The van der Waals surface area contributed by atoms with Crippen LogP contribution >= 0.6 is 11.6 Å². The molecule has 0 atom stereocenters. The first-order valence-electron chi connectivity index (χ1n) is 5.68. The molecule has 20 heavy (non-hydrogen) atoms. The second-order valence-corrected chi connectivity index (χ2v) is 6.10. The van der Waals surface area contributed by atoms with Gasteiger partial charge in [-0.3, -0.25) is 4.72 Å². The van der Waals surface area contributed by atoms with E-state index in [9.17, 15) is 12.8 Å². The lowest BCUT2D eigenvalue weighted by Crippen LogP contribution is -2.13. The predicted octanol–water partition coefficient (Wildman–Crippen LogP) is 3.32. The topological polar surface area (TPSA) is 58.2 Å². The lowest BCUT2D eigenvalue weighted by Gasteiger charge is -2.09. The maximum atomic E-state index is 13.3. The molecule has 106 valence electrons. The van der Waals surface area contributed by atoms with Crippen molar-refractivity contribution in [3.8, 4) is 0 Å². The molecule has 2 aromatic carbocycles. The average molecular weight is 315 g/mol. The van der Waals surface area contributed by atoms with Crippen LogP contribution < -0.4 is 10.0 Å². The molecule has 0 aliphatic rings. The highest BCUT2D eigenvalue weighted by Gasteiger charge is 2.14. The molecular formula is C13H12ClFN2O2S. The predicted molar refractivity (Wildman–Crippen MR) is 78.2 cm³/mol. The Kier molecular flexibility index (Phi) is 4.15. The highest BCUT2D eigenvalue weighted by Crippen LogP contribution is 2.22. The van der Waals surface area contributed by atoms with E-state index in [4.69, 9.17) is 11.6 Å². The van der Waals surface area contributed by atoms with E-state index < -0.39 is 15.8 Å². The summed E-state index contributed by atoms with van der Waals surface area (Å²) in [7, 11) is -2.02. The second-order valence-electron chi connectivity index (χ2n) is 4.01. The SMILES string of the molecule is CNc1ccc(S(=O)(=O)Nc2ccc(Cl)c(F)c2)cc1. The maximum absolute atomic E-state index is 13.3. The van der Waals surface area contributed by atoms with Crippen molar-refractivity contribution < 1.29 is 12.8 Å². The van der Waals surface area contributed by atoms with Crippen molar-refractivity contribution in [1.82, 2.24) is 0 Å². The number of nitrogens with one attached hydrogen (secondary N) is 2. The molecule has 4 nitrogen and oxygen atoms in total. The van der Waals surface area contributed by atoms with Crippen LogP contribution in [-0.4, -0.2) is 15.5 Å². The van der Waals surface area contributed by atoms with E-state index >= 15 is 0 Å². The number of halogens is 2. The molecule has 0 aromatic heterocycles. The van der Waals surface area contributed by atoms with Crippen LogP contribution in [-0.2, 0) is 10.0 Å². The van der Waals surface area contributed by atoms with Crippen LogP contribution in [0.15, 0.2) is 47.4 Å². The first kappa shape index (κ1) is 14.6. The van der Waals surface area contributed by atoms with E-state index in [1.54, 1.807) is 19.2 Å². The van der Waals surface area contributed by atoms with Gasteiger partial charge in [0, 0.05) is 12.7 Å². The Labute approximate surface area is 121 Å². The van der Waals surface area contributed by atoms with Crippen molar-refractivity contribution in [2.75, 3.05) is 17.1 Å². The summed E-state index contributed by atoms with van der Waals surface area (Å²) in [6, 6.07) is 9.90. The molecule has 7 heteroatoms. The van der Waals surface area contributed by atoms with Crippen LogP contribution in [0.5, 0.6) is 0 Å². The van der Waals surface area contributed by atoms with E-state index in [0.717, 1.165) is 11.8 Å². The standard InChI is InChI=1S/C13H12ClFN2O2S/c1-16-9-2-5-11(6-3-9)20(18,19)17-10-4-7-12(14)13(15)8-10/h2-8,16-17H,1H3. The van der Waals surface area contributed by atoms with Crippen molar-refractivity contribution >= 4 is 33.0 Å². The fourth-order valence-corrected chi connectivity index (χ4v) is 2.74. The summed E-state index contributed by atoms with van der Waals surface area (Å²) < 4.78 is 39.8. The molecule has 0 spiro atoms. The smallest absolute Gasteiger partial charge is 0.261 e. The molecule has 0 unspecified atom stereocenters. The quantitative estimate of drug-likeness (QED) is 0.910. The van der Waals surface area contributed by atoms with E-state index in [0.29, 0.717) is 0 Å². The third-order valence-electron chi connectivity index (χ3n) is 2.63. The molecule has 0 saturated carbocycles. The largest absolute Gasteiger partial charge is 0.388 e. The summed E-state index contributed by atoms with van der Waals surface area (Å²) in [4.78, 5) is 0.0897. The van der Waals surface area contributed by atoms with Crippen LogP contribution in [0.25, 0.3) is 0 Å². The molecule has 2 rings (SSSR count). The van der Waals surface area contributed by atoms with Gasteiger partial charge in [-0.15, -0.1) is 0 Å². The number of hydrogen-bond acceptors (Lipinski definition) is 3. The highest BCUT2D eigenvalue weighted by atomic mass is 35.5. The Bertz CT molecular complexity index is 718. The summed E-state index contributed by atoms with van der Waals surface area (Å²) in [5, 5.41) is 2.83. The van der Waals surface area contributed by atoms with Gasteiger partial charge in [0.05, 0.1) is 15.6 Å². The number of rotatable bonds is 4. The Morgan fingerprint density at radius 1 is 1.05 bits per heavy atom. The van der Waals surface area contributed by atoms with Crippen molar-refractivity contribution in [2.24, 2.45) is 0 Å². The average Bonchev–Trinajstić information content (AvgIpc) is 2.43. The van der Waals surface area contributed by atoms with Gasteiger partial charge in [-0.2, -0.15) is 0 Å². The van der Waals surface area contributed by atoms with Crippen LogP contribution in [0.1, 0.15) is 0 Å². The van der Waals surface area contributed by atoms with Crippen molar-refractivity contribution in [2.45, 2.75) is 4.90 Å². The van der Waals surface area contributed by atoms with E-state index in [1.165, 1.54) is 24.3 Å². The molecular weight excluding hydrogens is 303 g/mol. The molecule has 0 bridgehead atoms. The fraction of sp³-hybridized carbons (Fsp3) is 0.0769. The highest BCUT2D eigenvalue weighted by molar-refractivity contribution is 7.92. The second kappa shape index (κ2) is 5.68. The third kappa shape index (κ3) is 3.20. The minimum atomic E-state index is -3.76. The molecule has 0 amide bonds. The first-order valence-corrected chi connectivity index (χ1v) is 7.54. The molecule has 0 saturated heterocycles. The zero-order valence-electron chi connectivity index (χ0n) is 10.5. The van der Waals surface area contributed by atoms with Gasteiger partial charge in [0.2, 0.25) is 0 Å². The lowest BCUT2D eigenvalue weighted by atomic mass is 10.3. The summed E-state index contributed by atoms with van der Waals surface area (Å²) >= 11 is 5.54. The van der Waals surface area contributed by atoms with Crippen LogP contribution in [0, 0.1) is 5.82 Å². The summed E-state index contributed by atoms with van der Waals surface area (Å²) in [6.45, 7) is 0. The Morgan fingerprint density at radius 3 is 2.20 bits per heavy atom. The zero-order valence-corrected chi connectivity index (χ0v) is 12.1. The lowest BCUT2D eigenvalue weighted by molar-refractivity contribution is 0.601.